The second kappa shape index (κ2) is 5.93. The summed E-state index contributed by atoms with van der Waals surface area (Å²) in [4.78, 5) is 24.8. The minimum atomic E-state index is -0.311. The normalized spacial score (nSPS) is 14.3. The molecule has 1 aliphatic rings. The minimum absolute atomic E-state index is 0.0153. The molecule has 23 heavy (non-hydrogen) atoms. The van der Waals surface area contributed by atoms with Crippen molar-refractivity contribution < 1.29 is 14.3 Å². The van der Waals surface area contributed by atoms with Crippen LogP contribution in [0.25, 0.3) is 6.08 Å². The van der Waals surface area contributed by atoms with Crippen LogP contribution >= 0.6 is 0 Å². The number of hydrogen-bond donors (Lipinski definition) is 1. The maximum atomic E-state index is 12.5. The van der Waals surface area contributed by atoms with Gasteiger partial charge in [0, 0.05) is 16.7 Å². The molecule has 114 valence electrons. The van der Waals surface area contributed by atoms with E-state index in [1.165, 1.54) is 0 Å². The maximum Gasteiger partial charge on any atom is 0.210 e. The minimum Gasteiger partial charge on any atom is -0.497 e. The first-order valence-corrected chi connectivity index (χ1v) is 7.12. The molecule has 0 bridgehead atoms. The molecule has 0 amide bonds. The van der Waals surface area contributed by atoms with Crippen molar-refractivity contribution in [2.45, 2.75) is 0 Å². The van der Waals surface area contributed by atoms with Gasteiger partial charge in [-0.2, -0.15) is 0 Å². The summed E-state index contributed by atoms with van der Waals surface area (Å²) in [7, 11) is 1.60. The first kappa shape index (κ1) is 14.8. The van der Waals surface area contributed by atoms with Gasteiger partial charge in [0.2, 0.25) is 5.78 Å². The Morgan fingerprint density at radius 3 is 2.09 bits per heavy atom. The molecular formula is C19H15NO3. The molecule has 0 fully saturated rings. The fourth-order valence-electron chi connectivity index (χ4n) is 2.47. The Bertz CT molecular complexity index is 845. The third-order valence-corrected chi connectivity index (χ3v) is 3.75. The molecule has 0 atom stereocenters. The zero-order chi connectivity index (χ0) is 16.4. The van der Waals surface area contributed by atoms with E-state index in [9.17, 15) is 9.59 Å². The molecule has 2 aromatic rings. The summed E-state index contributed by atoms with van der Waals surface area (Å²) in [6, 6.07) is 14.1. The van der Waals surface area contributed by atoms with Crippen molar-refractivity contribution in [3.8, 4) is 5.75 Å². The second-order valence-electron chi connectivity index (χ2n) is 5.14. The fraction of sp³-hybridized carbons (Fsp3) is 0.0526. The lowest BCUT2D eigenvalue weighted by Gasteiger charge is -2.16. The summed E-state index contributed by atoms with van der Waals surface area (Å²) in [6.45, 7) is 0. The molecule has 1 aliphatic carbocycles. The monoisotopic (exact) mass is 305 g/mol. The van der Waals surface area contributed by atoms with E-state index in [0.29, 0.717) is 11.1 Å². The molecule has 0 saturated carbocycles. The van der Waals surface area contributed by atoms with Gasteiger partial charge in [-0.25, -0.2) is 0 Å². The molecule has 0 unspecified atom stereocenters. The van der Waals surface area contributed by atoms with Gasteiger partial charge in [0.15, 0.2) is 5.78 Å². The van der Waals surface area contributed by atoms with Gasteiger partial charge < -0.3 is 10.5 Å². The van der Waals surface area contributed by atoms with E-state index in [0.717, 1.165) is 11.3 Å². The number of Topliss-reactive ketones (excluding diaryl/α,β-unsaturated/α-hetero) is 2. The number of methoxy groups -OCH3 is 1. The zero-order valence-electron chi connectivity index (χ0n) is 12.6. The van der Waals surface area contributed by atoms with Gasteiger partial charge in [0.25, 0.3) is 0 Å². The molecule has 2 N–H and O–H groups in total. The summed E-state index contributed by atoms with van der Waals surface area (Å²) in [5, 5.41) is 0. The van der Waals surface area contributed by atoms with Crippen molar-refractivity contribution in [1.29, 1.82) is 0 Å². The fourth-order valence-corrected chi connectivity index (χ4v) is 2.47. The highest BCUT2D eigenvalue weighted by Crippen LogP contribution is 2.25. The number of carbonyl (C=O) groups is 2. The first-order valence-electron chi connectivity index (χ1n) is 7.12. The van der Waals surface area contributed by atoms with E-state index in [1.807, 2.05) is 24.3 Å². The van der Waals surface area contributed by atoms with Gasteiger partial charge in [-0.1, -0.05) is 42.5 Å². The predicted octanol–water partition coefficient (Wildman–Crippen LogP) is 3.00. The van der Waals surface area contributed by atoms with Gasteiger partial charge in [-0.05, 0) is 23.8 Å². The zero-order valence-corrected chi connectivity index (χ0v) is 12.6. The van der Waals surface area contributed by atoms with E-state index in [1.54, 1.807) is 43.5 Å². The highest BCUT2D eigenvalue weighted by atomic mass is 16.5. The van der Waals surface area contributed by atoms with Crippen LogP contribution in [0.5, 0.6) is 5.75 Å². The van der Waals surface area contributed by atoms with Crippen LogP contribution in [-0.4, -0.2) is 18.7 Å². The predicted molar refractivity (Wildman–Crippen MR) is 88.3 cm³/mol. The van der Waals surface area contributed by atoms with Crippen molar-refractivity contribution in [2.24, 2.45) is 5.73 Å². The van der Waals surface area contributed by atoms with Gasteiger partial charge >= 0.3 is 0 Å². The number of nitrogens with two attached hydrogens (primary N) is 1. The summed E-state index contributed by atoms with van der Waals surface area (Å²) in [6.07, 6.45) is 3.34. The third kappa shape index (κ3) is 2.66. The highest BCUT2D eigenvalue weighted by molar-refractivity contribution is 6.27. The van der Waals surface area contributed by atoms with E-state index < -0.39 is 0 Å². The number of hydrogen-bond acceptors (Lipinski definition) is 4. The van der Waals surface area contributed by atoms with E-state index in [2.05, 4.69) is 0 Å². The topological polar surface area (TPSA) is 69.4 Å². The van der Waals surface area contributed by atoms with Gasteiger partial charge in [-0.3, -0.25) is 9.59 Å². The van der Waals surface area contributed by atoms with Crippen LogP contribution in [0.3, 0.4) is 0 Å². The number of ether oxygens (including phenoxy) is 1. The SMILES string of the molecule is COc1ccc(/C=C/C2=C(N)C(=O)c3ccccc3C2=O)cc1. The number of carbonyl (C=O) groups excluding carboxylic acids is 2. The molecule has 4 nitrogen and oxygen atoms in total. The molecule has 0 heterocycles. The Balaban J connectivity index is 1.95. The molecule has 0 spiro atoms. The van der Waals surface area contributed by atoms with Crippen LogP contribution in [0.4, 0.5) is 0 Å². The summed E-state index contributed by atoms with van der Waals surface area (Å²) < 4.78 is 5.10. The second-order valence-corrected chi connectivity index (χ2v) is 5.14. The van der Waals surface area contributed by atoms with Crippen LogP contribution < -0.4 is 10.5 Å². The molecule has 0 aromatic heterocycles. The first-order chi connectivity index (χ1) is 11.1. The van der Waals surface area contributed by atoms with E-state index in [-0.39, 0.29) is 22.8 Å². The number of allylic oxidation sites excluding steroid dienone is 3. The lowest BCUT2D eigenvalue weighted by atomic mass is 9.87. The molecule has 0 radical (unpaired) electrons. The van der Waals surface area contributed by atoms with Gasteiger partial charge in [-0.15, -0.1) is 0 Å². The van der Waals surface area contributed by atoms with E-state index >= 15 is 0 Å². The van der Waals surface area contributed by atoms with E-state index in [4.69, 9.17) is 10.5 Å². The molecule has 3 rings (SSSR count). The summed E-state index contributed by atoms with van der Waals surface area (Å²) in [5.74, 6) is 0.204. The quantitative estimate of drug-likeness (QED) is 0.946. The maximum absolute atomic E-state index is 12.5. The van der Waals surface area contributed by atoms with Gasteiger partial charge in [0.05, 0.1) is 12.8 Å². The Kier molecular flexibility index (Phi) is 3.81. The van der Waals surface area contributed by atoms with Crippen LogP contribution in [0.2, 0.25) is 0 Å². The molecular weight excluding hydrogens is 290 g/mol. The smallest absolute Gasteiger partial charge is 0.210 e. The van der Waals surface area contributed by atoms with Crippen molar-refractivity contribution in [3.63, 3.8) is 0 Å². The Morgan fingerprint density at radius 1 is 0.870 bits per heavy atom. The summed E-state index contributed by atoms with van der Waals surface area (Å²) in [5.41, 5.74) is 7.71. The van der Waals surface area contributed by atoms with Crippen LogP contribution in [0, 0.1) is 0 Å². The lowest BCUT2D eigenvalue weighted by molar-refractivity contribution is 0.0976. The van der Waals surface area contributed by atoms with Crippen LogP contribution in [0.15, 0.2) is 65.9 Å². The Morgan fingerprint density at radius 2 is 1.48 bits per heavy atom. The average Bonchev–Trinajstić information content (AvgIpc) is 2.60. The summed E-state index contributed by atoms with van der Waals surface area (Å²) >= 11 is 0. The third-order valence-electron chi connectivity index (χ3n) is 3.75. The molecule has 2 aromatic carbocycles. The lowest BCUT2D eigenvalue weighted by Crippen LogP contribution is -2.25. The molecule has 4 heteroatoms. The average molecular weight is 305 g/mol. The van der Waals surface area contributed by atoms with Gasteiger partial charge in [0.1, 0.15) is 5.75 Å². The molecule has 0 aliphatic heterocycles. The standard InChI is InChI=1S/C19H15NO3/c1-23-13-9-6-12(7-10-13)8-11-16-17(20)19(22)15-5-3-2-4-14(15)18(16)21/h2-11H,20H2,1H3/b11-8+. The Labute approximate surface area is 133 Å². The van der Waals surface area contributed by atoms with Crippen molar-refractivity contribution in [1.82, 2.24) is 0 Å². The number of fused-ring (bicyclic) bond motifs is 1. The van der Waals surface area contributed by atoms with Crippen LogP contribution in [0.1, 0.15) is 26.3 Å². The number of rotatable bonds is 3. The van der Waals surface area contributed by atoms with Crippen molar-refractivity contribution >= 4 is 17.6 Å². The number of ketones is 2. The molecule has 0 saturated heterocycles. The Hall–Kier alpha value is -3.14. The highest BCUT2D eigenvalue weighted by Gasteiger charge is 2.28. The number of benzene rings is 2. The largest absolute Gasteiger partial charge is 0.497 e. The van der Waals surface area contributed by atoms with Crippen molar-refractivity contribution in [2.75, 3.05) is 7.11 Å². The van der Waals surface area contributed by atoms with Crippen molar-refractivity contribution in [3.05, 3.63) is 82.6 Å². The van der Waals surface area contributed by atoms with Crippen LogP contribution in [-0.2, 0) is 0 Å².